The number of fused-ring (bicyclic) bond motifs is 3. The number of likely N-dealkylation sites (tertiary alicyclic amines) is 1. The number of ether oxygens (including phenoxy) is 1. The summed E-state index contributed by atoms with van der Waals surface area (Å²) in [5.41, 5.74) is -0.937. The number of nitrogens with zero attached hydrogens (tertiary/aromatic N) is 6. The van der Waals surface area contributed by atoms with Gasteiger partial charge in [0.05, 0.1) is 35.6 Å². The van der Waals surface area contributed by atoms with E-state index in [9.17, 15) is 19.5 Å². The fraction of sp³-hybridized carbons (Fsp3) is 0.581. The van der Waals surface area contributed by atoms with E-state index in [0.717, 1.165) is 17.5 Å². The molecule has 2 fully saturated rings. The van der Waals surface area contributed by atoms with E-state index < -0.39 is 35.1 Å². The van der Waals surface area contributed by atoms with Crippen molar-refractivity contribution >= 4 is 28.8 Å². The van der Waals surface area contributed by atoms with Gasteiger partial charge in [0.2, 0.25) is 11.8 Å². The van der Waals surface area contributed by atoms with Crippen LogP contribution < -0.4 is 0 Å². The van der Waals surface area contributed by atoms with Crippen molar-refractivity contribution in [2.75, 3.05) is 26.2 Å². The summed E-state index contributed by atoms with van der Waals surface area (Å²) in [6.45, 7) is 8.94. The van der Waals surface area contributed by atoms with E-state index in [-0.39, 0.29) is 43.5 Å². The van der Waals surface area contributed by atoms with Gasteiger partial charge in [0.1, 0.15) is 23.8 Å². The standard InChI is InChI=1S/C31H40N6O5/c1-5-15-34-16-9-13-30(4)24(27(34)39)25-28(40)37(23(18-38)20(3)6-2)26-29(41)35(17-10-14-31(25,26)42-30)19-36-22-12-8-7-11-21(22)32-33-36/h7-14,20,23-26,38H,5-6,15-19H2,1-4H3/t20-,23-,24+,25-,26?,30-,31-/m0/s1. The number of carbonyl (C=O) groups excluding carboxylic acids is 3. The van der Waals surface area contributed by atoms with Gasteiger partial charge in [-0.05, 0) is 31.4 Å². The second-order valence-corrected chi connectivity index (χ2v) is 12.2. The van der Waals surface area contributed by atoms with Crippen LogP contribution in [0.2, 0.25) is 0 Å². The summed E-state index contributed by atoms with van der Waals surface area (Å²) in [4.78, 5) is 48.5. The highest BCUT2D eigenvalue weighted by Gasteiger charge is 2.75. The number of rotatable bonds is 8. The van der Waals surface area contributed by atoms with Crippen LogP contribution in [0, 0.1) is 17.8 Å². The molecule has 1 unspecified atom stereocenters. The van der Waals surface area contributed by atoms with E-state index in [4.69, 9.17) is 4.74 Å². The first-order valence-electron chi connectivity index (χ1n) is 15.0. The summed E-state index contributed by atoms with van der Waals surface area (Å²) >= 11 is 0. The highest BCUT2D eigenvalue weighted by molar-refractivity contribution is 6.00. The van der Waals surface area contributed by atoms with Gasteiger partial charge >= 0.3 is 0 Å². The van der Waals surface area contributed by atoms with Gasteiger partial charge in [0.25, 0.3) is 5.91 Å². The Morgan fingerprint density at radius 3 is 2.50 bits per heavy atom. The van der Waals surface area contributed by atoms with Gasteiger partial charge in [-0.25, -0.2) is 4.68 Å². The SMILES string of the molecule is CCCN1CC=C[C@]2(C)O[C@]34C=CCN(Cn5nnc6ccccc65)C(=O)C3N([C@@H](CO)[C@@H](C)CC)C(=O)[C@@H]4[C@@H]2C1=O. The molecule has 4 aliphatic heterocycles. The fourth-order valence-corrected chi connectivity index (χ4v) is 7.51. The number of carbonyl (C=O) groups is 3. The Kier molecular flexibility index (Phi) is 7.21. The summed E-state index contributed by atoms with van der Waals surface area (Å²) in [6.07, 6.45) is 9.02. The molecule has 1 N–H and O–H groups in total. The molecule has 2 aromatic rings. The summed E-state index contributed by atoms with van der Waals surface area (Å²) in [5, 5.41) is 19.1. The molecular weight excluding hydrogens is 536 g/mol. The van der Waals surface area contributed by atoms with Crippen molar-refractivity contribution in [2.24, 2.45) is 17.8 Å². The number of para-hydroxylation sites is 1. The van der Waals surface area contributed by atoms with Crippen molar-refractivity contribution in [3.8, 4) is 0 Å². The predicted octanol–water partition coefficient (Wildman–Crippen LogP) is 1.97. The molecule has 2 saturated heterocycles. The van der Waals surface area contributed by atoms with Crippen LogP contribution in [0.25, 0.3) is 11.0 Å². The monoisotopic (exact) mass is 576 g/mol. The fourth-order valence-electron chi connectivity index (χ4n) is 7.51. The minimum absolute atomic E-state index is 0.0877. The Labute approximate surface area is 245 Å². The van der Waals surface area contributed by atoms with Gasteiger partial charge in [0, 0.05) is 19.6 Å². The molecule has 0 saturated carbocycles. The summed E-state index contributed by atoms with van der Waals surface area (Å²) in [6, 6.07) is 5.87. The lowest BCUT2D eigenvalue weighted by Crippen LogP contribution is -2.60. The van der Waals surface area contributed by atoms with Crippen molar-refractivity contribution in [2.45, 2.75) is 70.5 Å². The Bertz CT molecular complexity index is 1450. The van der Waals surface area contributed by atoms with Gasteiger partial charge in [-0.1, -0.05) is 68.8 Å². The van der Waals surface area contributed by atoms with Crippen LogP contribution in [0.1, 0.15) is 40.5 Å². The van der Waals surface area contributed by atoms with Gasteiger partial charge in [-0.2, -0.15) is 0 Å². The molecule has 11 nitrogen and oxygen atoms in total. The first-order chi connectivity index (χ1) is 20.2. The van der Waals surface area contributed by atoms with Crippen LogP contribution in [-0.2, 0) is 25.8 Å². The Morgan fingerprint density at radius 2 is 1.76 bits per heavy atom. The average Bonchev–Trinajstić information content (AvgIpc) is 3.51. The van der Waals surface area contributed by atoms with Gasteiger partial charge in [-0.3, -0.25) is 14.4 Å². The Hall–Kier alpha value is -3.57. The molecule has 1 spiro atoms. The zero-order chi connectivity index (χ0) is 29.8. The lowest BCUT2D eigenvalue weighted by molar-refractivity contribution is -0.158. The number of aromatic nitrogens is 3. The molecule has 42 heavy (non-hydrogen) atoms. The van der Waals surface area contributed by atoms with E-state index in [2.05, 4.69) is 10.3 Å². The smallest absolute Gasteiger partial charge is 0.250 e. The van der Waals surface area contributed by atoms with Gasteiger partial charge in [0.15, 0.2) is 0 Å². The molecule has 0 radical (unpaired) electrons. The van der Waals surface area contributed by atoms with Crippen LogP contribution in [0.3, 0.4) is 0 Å². The highest BCUT2D eigenvalue weighted by atomic mass is 16.5. The molecule has 5 heterocycles. The van der Waals surface area contributed by atoms with Crippen LogP contribution in [0.5, 0.6) is 0 Å². The first-order valence-corrected chi connectivity index (χ1v) is 15.0. The number of hydrogen-bond donors (Lipinski definition) is 1. The molecule has 224 valence electrons. The molecule has 1 aromatic heterocycles. The highest BCUT2D eigenvalue weighted by Crippen LogP contribution is 2.58. The molecule has 1 aromatic carbocycles. The molecule has 6 rings (SSSR count). The average molecular weight is 577 g/mol. The first kappa shape index (κ1) is 28.5. The van der Waals surface area contributed by atoms with Crippen molar-refractivity contribution in [3.05, 3.63) is 48.6 Å². The van der Waals surface area contributed by atoms with Crippen LogP contribution in [0.15, 0.2) is 48.6 Å². The number of amides is 3. The predicted molar refractivity (Wildman–Crippen MR) is 155 cm³/mol. The zero-order valence-electron chi connectivity index (χ0n) is 24.7. The number of benzene rings is 1. The number of aliphatic hydroxyl groups is 1. The molecule has 7 atom stereocenters. The normalized spacial score (nSPS) is 32.2. The van der Waals surface area contributed by atoms with E-state index in [1.807, 2.05) is 76.3 Å². The Morgan fingerprint density at radius 1 is 1.02 bits per heavy atom. The second-order valence-electron chi connectivity index (χ2n) is 12.2. The minimum atomic E-state index is -1.37. The van der Waals surface area contributed by atoms with Crippen LogP contribution in [0.4, 0.5) is 0 Å². The van der Waals surface area contributed by atoms with Crippen molar-refractivity contribution in [1.82, 2.24) is 29.7 Å². The number of hydrogen-bond acceptors (Lipinski definition) is 7. The quantitative estimate of drug-likeness (QED) is 0.477. The lowest BCUT2D eigenvalue weighted by Gasteiger charge is -2.41. The molecule has 3 amide bonds. The van der Waals surface area contributed by atoms with Crippen molar-refractivity contribution in [3.63, 3.8) is 0 Å². The van der Waals surface area contributed by atoms with E-state index in [1.165, 1.54) is 0 Å². The Balaban J connectivity index is 1.46. The molecule has 0 aliphatic carbocycles. The second kappa shape index (κ2) is 10.6. The van der Waals surface area contributed by atoms with Crippen LogP contribution in [-0.4, -0.2) is 102 Å². The molecule has 11 heteroatoms. The third-order valence-corrected chi connectivity index (χ3v) is 9.73. The van der Waals surface area contributed by atoms with E-state index in [1.54, 1.807) is 19.4 Å². The minimum Gasteiger partial charge on any atom is -0.394 e. The van der Waals surface area contributed by atoms with E-state index >= 15 is 0 Å². The maximum absolute atomic E-state index is 14.7. The molecule has 0 bridgehead atoms. The lowest BCUT2D eigenvalue weighted by atomic mass is 9.74. The molecular formula is C31H40N6O5. The topological polar surface area (TPSA) is 121 Å². The summed E-state index contributed by atoms with van der Waals surface area (Å²) in [7, 11) is 0. The summed E-state index contributed by atoms with van der Waals surface area (Å²) < 4.78 is 8.58. The largest absolute Gasteiger partial charge is 0.394 e. The third-order valence-electron chi connectivity index (χ3n) is 9.73. The van der Waals surface area contributed by atoms with Crippen molar-refractivity contribution in [1.29, 1.82) is 0 Å². The summed E-state index contributed by atoms with van der Waals surface area (Å²) in [5.74, 6) is -2.57. The van der Waals surface area contributed by atoms with Gasteiger partial charge in [-0.15, -0.1) is 5.10 Å². The van der Waals surface area contributed by atoms with E-state index in [0.29, 0.717) is 19.5 Å². The van der Waals surface area contributed by atoms with Crippen LogP contribution >= 0.6 is 0 Å². The maximum atomic E-state index is 14.7. The number of aliphatic hydroxyl groups excluding tert-OH is 1. The zero-order valence-corrected chi connectivity index (χ0v) is 24.7. The van der Waals surface area contributed by atoms with Crippen molar-refractivity contribution < 1.29 is 24.2 Å². The third kappa shape index (κ3) is 4.11. The maximum Gasteiger partial charge on any atom is 0.250 e. The molecule has 4 aliphatic rings. The van der Waals surface area contributed by atoms with Gasteiger partial charge < -0.3 is 24.5 Å².